The molecule has 0 bridgehead atoms. The van der Waals surface area contributed by atoms with Gasteiger partial charge in [-0.3, -0.25) is 14.4 Å². The average molecular weight is 560 g/mol. The molecule has 38 heavy (non-hydrogen) atoms. The zero-order valence-corrected chi connectivity index (χ0v) is 22.0. The fraction of sp³-hybridized carbons (Fsp3) is 0.542. The summed E-state index contributed by atoms with van der Waals surface area (Å²) < 4.78 is 64.8. The zero-order chi connectivity index (χ0) is 28.0. The molecule has 1 aromatic carbocycles. The van der Waals surface area contributed by atoms with Crippen molar-refractivity contribution in [2.24, 2.45) is 0 Å². The molecule has 0 amide bonds. The van der Waals surface area contributed by atoms with Crippen LogP contribution in [0.2, 0.25) is 0 Å². The fourth-order valence-electron chi connectivity index (χ4n) is 3.92. The monoisotopic (exact) mass is 559 g/mol. The number of thioether (sulfide) groups is 1. The molecule has 0 radical (unpaired) electrons. The molecule has 208 valence electrons. The van der Waals surface area contributed by atoms with Crippen molar-refractivity contribution in [3.05, 3.63) is 35.8 Å². The lowest BCUT2D eigenvalue weighted by Crippen LogP contribution is -2.57. The van der Waals surface area contributed by atoms with Gasteiger partial charge in [0.1, 0.15) is 29.9 Å². The third-order valence-electron chi connectivity index (χ3n) is 5.55. The van der Waals surface area contributed by atoms with Gasteiger partial charge >= 0.3 is 17.9 Å². The fourth-order valence-corrected chi connectivity index (χ4v) is 5.24. The molecule has 10 nitrogen and oxygen atoms in total. The lowest BCUT2D eigenvalue weighted by atomic mass is 9.96. The highest BCUT2D eigenvalue weighted by Gasteiger charge is 2.51. The highest BCUT2D eigenvalue weighted by atomic mass is 32.2. The van der Waals surface area contributed by atoms with Crippen LogP contribution in [-0.2, 0) is 33.3 Å². The Bertz CT molecular complexity index is 1140. The molecule has 1 aliphatic heterocycles. The van der Waals surface area contributed by atoms with Crippen molar-refractivity contribution in [1.29, 1.82) is 0 Å². The number of hydrogen-bond acceptors (Lipinski definition) is 10. The van der Waals surface area contributed by atoms with E-state index in [1.807, 2.05) is 6.92 Å². The Morgan fingerprint density at radius 3 is 2.24 bits per heavy atom. The molecule has 14 heteroatoms. The van der Waals surface area contributed by atoms with Crippen molar-refractivity contribution in [1.82, 2.24) is 15.0 Å². The van der Waals surface area contributed by atoms with E-state index in [0.29, 0.717) is 5.75 Å². The Kier molecular flexibility index (Phi) is 10.1. The number of carbonyl (C=O) groups is 3. The molecule has 1 fully saturated rings. The molecular weight excluding hydrogens is 531 g/mol. The van der Waals surface area contributed by atoms with Crippen LogP contribution < -0.4 is 0 Å². The van der Waals surface area contributed by atoms with E-state index in [-0.39, 0.29) is 17.9 Å². The third kappa shape index (κ3) is 7.25. The number of hydrogen-bond donors (Lipinski definition) is 0. The first kappa shape index (κ1) is 29.4. The van der Waals surface area contributed by atoms with Gasteiger partial charge in [0.2, 0.25) is 0 Å². The van der Waals surface area contributed by atoms with E-state index in [9.17, 15) is 27.6 Å². The topological polar surface area (TPSA) is 119 Å². The van der Waals surface area contributed by atoms with E-state index >= 15 is 0 Å². The number of unbranched alkanes of at least 4 members (excludes halogenated alkanes) is 1. The molecule has 0 aliphatic carbocycles. The van der Waals surface area contributed by atoms with Crippen molar-refractivity contribution < 1.29 is 46.5 Å². The maximum Gasteiger partial charge on any atom is 0.303 e. The lowest BCUT2D eigenvalue weighted by molar-refractivity contribution is -0.212. The Morgan fingerprint density at radius 2 is 1.66 bits per heavy atom. The predicted molar refractivity (Wildman–Crippen MR) is 128 cm³/mol. The first-order valence-corrected chi connectivity index (χ1v) is 12.9. The van der Waals surface area contributed by atoms with Gasteiger partial charge in [-0.05, 0) is 24.3 Å². The molecule has 0 saturated carbocycles. The standard InChI is InChI=1S/C24H28F3N3O7S/c1-5-6-7-38-24-23(36-14(4)33)21(22(35-13(3)32)19(37-24)11-34-12(2)31)30-10-18(28-29-30)15-8-16(25)20(27)17(26)9-15/h8-10,19,21-24H,5-7,11H2,1-4H3. The van der Waals surface area contributed by atoms with Gasteiger partial charge in [0.05, 0.1) is 6.20 Å². The van der Waals surface area contributed by atoms with E-state index < -0.39 is 65.1 Å². The first-order valence-electron chi connectivity index (χ1n) is 11.8. The molecule has 5 unspecified atom stereocenters. The minimum absolute atomic E-state index is 0.0239. The zero-order valence-electron chi connectivity index (χ0n) is 21.2. The molecule has 3 rings (SSSR count). The summed E-state index contributed by atoms with van der Waals surface area (Å²) in [4.78, 5) is 35.7. The van der Waals surface area contributed by atoms with E-state index in [0.717, 1.165) is 25.0 Å². The number of rotatable bonds is 10. The van der Waals surface area contributed by atoms with E-state index in [1.54, 1.807) is 0 Å². The van der Waals surface area contributed by atoms with Crippen LogP contribution in [-0.4, -0.2) is 69.0 Å². The maximum atomic E-state index is 13.9. The quantitative estimate of drug-likeness (QED) is 0.185. The first-order chi connectivity index (χ1) is 18.0. The molecule has 2 aromatic rings. The molecule has 1 aliphatic rings. The Morgan fingerprint density at radius 1 is 1.03 bits per heavy atom. The third-order valence-corrected chi connectivity index (χ3v) is 6.78. The second-order valence-corrected chi connectivity index (χ2v) is 9.75. The minimum atomic E-state index is -1.63. The number of aromatic nitrogens is 3. The van der Waals surface area contributed by atoms with Crippen molar-refractivity contribution in [2.75, 3.05) is 12.4 Å². The lowest BCUT2D eigenvalue weighted by Gasteiger charge is -2.44. The summed E-state index contributed by atoms with van der Waals surface area (Å²) in [5.41, 5.74) is -0.904. The largest absolute Gasteiger partial charge is 0.463 e. The van der Waals surface area contributed by atoms with Gasteiger partial charge in [0.15, 0.2) is 29.7 Å². The molecular formula is C24H28F3N3O7S. The highest BCUT2D eigenvalue weighted by Crippen LogP contribution is 2.39. The van der Waals surface area contributed by atoms with E-state index in [2.05, 4.69) is 10.3 Å². The molecule has 0 spiro atoms. The van der Waals surface area contributed by atoms with Crippen LogP contribution in [0.25, 0.3) is 11.3 Å². The maximum absolute atomic E-state index is 13.9. The highest BCUT2D eigenvalue weighted by molar-refractivity contribution is 7.99. The van der Waals surface area contributed by atoms with Crippen molar-refractivity contribution >= 4 is 29.7 Å². The normalized spacial score (nSPS) is 23.1. The van der Waals surface area contributed by atoms with Crippen molar-refractivity contribution in [3.63, 3.8) is 0 Å². The summed E-state index contributed by atoms with van der Waals surface area (Å²) in [6, 6.07) is 0.487. The summed E-state index contributed by atoms with van der Waals surface area (Å²) in [5.74, 6) is -5.75. The number of ether oxygens (including phenoxy) is 4. The number of esters is 3. The second kappa shape index (κ2) is 13.1. The van der Waals surface area contributed by atoms with Crippen molar-refractivity contribution in [3.8, 4) is 11.3 Å². The van der Waals surface area contributed by atoms with E-state index in [4.69, 9.17) is 18.9 Å². The van der Waals surface area contributed by atoms with Crippen LogP contribution >= 0.6 is 11.8 Å². The van der Waals surface area contributed by atoms with Gasteiger partial charge in [-0.25, -0.2) is 17.9 Å². The van der Waals surface area contributed by atoms with Crippen LogP contribution in [0.3, 0.4) is 0 Å². The van der Waals surface area contributed by atoms with Gasteiger partial charge in [-0.1, -0.05) is 18.6 Å². The summed E-state index contributed by atoms with van der Waals surface area (Å²) in [6.45, 7) is 5.30. The van der Waals surface area contributed by atoms with Gasteiger partial charge in [0, 0.05) is 26.3 Å². The predicted octanol–water partition coefficient (Wildman–Crippen LogP) is 3.59. The van der Waals surface area contributed by atoms with Crippen LogP contribution in [0.5, 0.6) is 0 Å². The number of nitrogens with zero attached hydrogens (tertiary/aromatic N) is 3. The number of halogens is 3. The van der Waals surface area contributed by atoms with Gasteiger partial charge < -0.3 is 18.9 Å². The Labute approximate surface area is 221 Å². The summed E-state index contributed by atoms with van der Waals surface area (Å²) in [6.07, 6.45) is -0.178. The SMILES string of the molecule is CCCCSC1OC(COC(C)=O)C(OC(C)=O)C(n2cc(-c3cc(F)c(F)c(F)c3)nn2)C1OC(C)=O. The molecule has 5 atom stereocenters. The molecule has 2 heterocycles. The van der Waals surface area contributed by atoms with Gasteiger partial charge in [-0.15, -0.1) is 16.9 Å². The molecule has 0 N–H and O–H groups in total. The van der Waals surface area contributed by atoms with E-state index in [1.165, 1.54) is 43.4 Å². The van der Waals surface area contributed by atoms with Crippen LogP contribution in [0.1, 0.15) is 46.6 Å². The molecule has 1 aromatic heterocycles. The number of benzene rings is 1. The second-order valence-electron chi connectivity index (χ2n) is 8.55. The van der Waals surface area contributed by atoms with Crippen LogP contribution in [0, 0.1) is 17.5 Å². The Hall–Kier alpha value is -3.13. The summed E-state index contributed by atoms with van der Waals surface area (Å²) in [5, 5.41) is 7.99. The minimum Gasteiger partial charge on any atom is -0.463 e. The van der Waals surface area contributed by atoms with Crippen molar-refractivity contribution in [2.45, 2.75) is 70.3 Å². The van der Waals surface area contributed by atoms with Gasteiger partial charge in [-0.2, -0.15) is 0 Å². The smallest absolute Gasteiger partial charge is 0.303 e. The molecule has 1 saturated heterocycles. The van der Waals surface area contributed by atoms with Gasteiger partial charge in [0.25, 0.3) is 0 Å². The number of carbonyl (C=O) groups excluding carboxylic acids is 3. The van der Waals surface area contributed by atoms with Crippen LogP contribution in [0.4, 0.5) is 13.2 Å². The Balaban J connectivity index is 2.09. The summed E-state index contributed by atoms with van der Waals surface area (Å²) in [7, 11) is 0. The van der Waals surface area contributed by atoms with Crippen LogP contribution in [0.15, 0.2) is 18.3 Å². The average Bonchev–Trinajstić information content (AvgIpc) is 3.32. The summed E-state index contributed by atoms with van der Waals surface area (Å²) >= 11 is 1.36.